The fraction of sp³-hybridized carbons (Fsp3) is 0.450. The lowest BCUT2D eigenvalue weighted by molar-refractivity contribution is 0.0983. The van der Waals surface area contributed by atoms with Crippen molar-refractivity contribution in [3.8, 4) is 0 Å². The van der Waals surface area contributed by atoms with Crippen LogP contribution in [0.4, 0.5) is 4.39 Å². The lowest BCUT2D eigenvalue weighted by Crippen LogP contribution is -2.40. The topological polar surface area (TPSA) is 63.3 Å². The van der Waals surface area contributed by atoms with E-state index in [1.807, 2.05) is 25.1 Å². The van der Waals surface area contributed by atoms with E-state index in [-0.39, 0.29) is 18.2 Å². The zero-order valence-electron chi connectivity index (χ0n) is 14.6. The van der Waals surface area contributed by atoms with Crippen LogP contribution in [0.2, 0.25) is 0 Å². The standard InChI is InChI=1S/C20H26FNO2S/c1-20(22,14-23)12-11-17-9-10-19(25-17)18(24)8-3-2-5-15-6-4-7-16(21)13-15/h4,6-7,9-10,13,23H,2-3,5,8,11-12,14,22H2,1H3. The third-order valence-corrected chi connectivity index (χ3v) is 5.43. The quantitative estimate of drug-likeness (QED) is 0.493. The summed E-state index contributed by atoms with van der Waals surface area (Å²) in [7, 11) is 0. The molecule has 3 nitrogen and oxygen atoms in total. The van der Waals surface area contributed by atoms with Crippen LogP contribution in [-0.2, 0) is 12.8 Å². The van der Waals surface area contributed by atoms with Crippen molar-refractivity contribution in [2.24, 2.45) is 5.73 Å². The number of thiophene rings is 1. The van der Waals surface area contributed by atoms with Gasteiger partial charge in [0.25, 0.3) is 0 Å². The van der Waals surface area contributed by atoms with Gasteiger partial charge in [-0.15, -0.1) is 11.3 Å². The minimum absolute atomic E-state index is 0.0462. The first-order chi connectivity index (χ1) is 11.9. The first-order valence-corrected chi connectivity index (χ1v) is 9.47. The van der Waals surface area contributed by atoms with Gasteiger partial charge in [-0.3, -0.25) is 4.79 Å². The van der Waals surface area contributed by atoms with Gasteiger partial charge in [0.1, 0.15) is 5.82 Å². The molecule has 0 saturated heterocycles. The van der Waals surface area contributed by atoms with Crippen molar-refractivity contribution in [3.63, 3.8) is 0 Å². The average Bonchev–Trinajstić information content (AvgIpc) is 3.06. The summed E-state index contributed by atoms with van der Waals surface area (Å²) in [6, 6.07) is 10.5. The first-order valence-electron chi connectivity index (χ1n) is 8.66. The number of hydrogen-bond acceptors (Lipinski definition) is 4. The Morgan fingerprint density at radius 3 is 2.76 bits per heavy atom. The van der Waals surface area contributed by atoms with Gasteiger partial charge in [0.15, 0.2) is 5.78 Å². The molecule has 25 heavy (non-hydrogen) atoms. The molecule has 1 unspecified atom stereocenters. The molecule has 0 radical (unpaired) electrons. The van der Waals surface area contributed by atoms with Gasteiger partial charge in [-0.05, 0) is 68.9 Å². The van der Waals surface area contributed by atoms with Crippen LogP contribution in [0.1, 0.15) is 52.7 Å². The molecule has 1 atom stereocenters. The summed E-state index contributed by atoms with van der Waals surface area (Å²) in [6.45, 7) is 1.78. The number of ketones is 1. The zero-order valence-corrected chi connectivity index (χ0v) is 15.4. The van der Waals surface area contributed by atoms with Crippen LogP contribution in [0, 0.1) is 5.82 Å². The molecule has 0 fully saturated rings. The third kappa shape index (κ3) is 6.69. The summed E-state index contributed by atoms with van der Waals surface area (Å²) in [5.74, 6) is -0.0531. The number of carbonyl (C=O) groups is 1. The first kappa shape index (κ1) is 19.8. The van der Waals surface area contributed by atoms with Crippen molar-refractivity contribution in [2.75, 3.05) is 6.61 Å². The van der Waals surface area contributed by atoms with Crippen molar-refractivity contribution < 1.29 is 14.3 Å². The monoisotopic (exact) mass is 363 g/mol. The van der Waals surface area contributed by atoms with E-state index in [1.54, 1.807) is 12.1 Å². The second kappa shape index (κ2) is 9.22. The van der Waals surface area contributed by atoms with Gasteiger partial charge < -0.3 is 10.8 Å². The number of aryl methyl sites for hydroxylation is 2. The Labute approximate surface area is 152 Å². The van der Waals surface area contributed by atoms with Crippen LogP contribution in [0.15, 0.2) is 36.4 Å². The second-order valence-electron chi connectivity index (χ2n) is 6.84. The number of rotatable bonds is 10. The molecular weight excluding hydrogens is 337 g/mol. The van der Waals surface area contributed by atoms with Crippen molar-refractivity contribution >= 4 is 17.1 Å². The van der Waals surface area contributed by atoms with Crippen molar-refractivity contribution in [2.45, 2.75) is 51.0 Å². The maximum absolute atomic E-state index is 13.1. The number of carbonyl (C=O) groups excluding carboxylic acids is 1. The predicted molar refractivity (Wildman–Crippen MR) is 101 cm³/mol. The molecule has 2 rings (SSSR count). The maximum atomic E-state index is 13.1. The summed E-state index contributed by atoms with van der Waals surface area (Å²) in [5, 5.41) is 9.19. The molecule has 0 bridgehead atoms. The van der Waals surface area contributed by atoms with E-state index in [9.17, 15) is 14.3 Å². The van der Waals surface area contributed by atoms with Crippen LogP contribution < -0.4 is 5.73 Å². The molecule has 3 N–H and O–H groups in total. The Kier molecular flexibility index (Phi) is 7.29. The lowest BCUT2D eigenvalue weighted by Gasteiger charge is -2.20. The van der Waals surface area contributed by atoms with Gasteiger partial charge in [0.2, 0.25) is 0 Å². The van der Waals surface area contributed by atoms with Crippen molar-refractivity contribution in [1.82, 2.24) is 0 Å². The van der Waals surface area contributed by atoms with Gasteiger partial charge >= 0.3 is 0 Å². The van der Waals surface area contributed by atoms with Gasteiger partial charge in [0, 0.05) is 16.8 Å². The molecule has 2 aromatic rings. The van der Waals surface area contributed by atoms with Crippen LogP contribution in [0.25, 0.3) is 0 Å². The lowest BCUT2D eigenvalue weighted by atomic mass is 9.98. The van der Waals surface area contributed by atoms with Crippen LogP contribution in [-0.4, -0.2) is 23.0 Å². The van der Waals surface area contributed by atoms with Crippen LogP contribution in [0.5, 0.6) is 0 Å². The molecule has 1 aromatic heterocycles. The van der Waals surface area contributed by atoms with E-state index in [0.717, 1.165) is 41.0 Å². The van der Waals surface area contributed by atoms with Crippen LogP contribution >= 0.6 is 11.3 Å². The maximum Gasteiger partial charge on any atom is 0.172 e. The molecule has 0 spiro atoms. The molecule has 0 saturated carbocycles. The van der Waals surface area contributed by atoms with Crippen molar-refractivity contribution in [3.05, 3.63) is 57.5 Å². The summed E-state index contributed by atoms with van der Waals surface area (Å²) >= 11 is 1.51. The number of unbranched alkanes of at least 4 members (excludes halogenated alkanes) is 1. The minimum Gasteiger partial charge on any atom is -0.394 e. The number of hydrogen-bond donors (Lipinski definition) is 2. The van der Waals surface area contributed by atoms with E-state index in [2.05, 4.69) is 0 Å². The number of nitrogens with two attached hydrogens (primary N) is 1. The molecule has 136 valence electrons. The van der Waals surface area contributed by atoms with Crippen molar-refractivity contribution in [1.29, 1.82) is 0 Å². The third-order valence-electron chi connectivity index (χ3n) is 4.25. The molecule has 0 aliphatic rings. The highest BCUT2D eigenvalue weighted by Crippen LogP contribution is 2.22. The Morgan fingerprint density at radius 2 is 2.04 bits per heavy atom. The second-order valence-corrected chi connectivity index (χ2v) is 8.01. The molecule has 5 heteroatoms. The largest absolute Gasteiger partial charge is 0.394 e. The number of aliphatic hydroxyl groups excluding tert-OH is 1. The molecule has 0 aliphatic carbocycles. The number of Topliss-reactive ketones (excluding diaryl/α,β-unsaturated/α-hetero) is 1. The summed E-state index contributed by atoms with van der Waals surface area (Å²) in [4.78, 5) is 14.2. The molecule has 0 aliphatic heterocycles. The van der Waals surface area contributed by atoms with Crippen LogP contribution in [0.3, 0.4) is 0 Å². The van der Waals surface area contributed by atoms with E-state index in [4.69, 9.17) is 5.73 Å². The minimum atomic E-state index is -0.578. The fourth-order valence-corrected chi connectivity index (χ4v) is 3.55. The smallest absolute Gasteiger partial charge is 0.172 e. The van der Waals surface area contributed by atoms with Gasteiger partial charge in [-0.1, -0.05) is 12.1 Å². The Bertz CT molecular complexity index is 697. The van der Waals surface area contributed by atoms with E-state index >= 15 is 0 Å². The predicted octanol–water partition coefficient (Wildman–Crippen LogP) is 4.13. The van der Waals surface area contributed by atoms with E-state index < -0.39 is 5.54 Å². The number of aliphatic hydroxyl groups is 1. The highest BCUT2D eigenvalue weighted by Gasteiger charge is 2.17. The Balaban J connectivity index is 1.74. The van der Waals surface area contributed by atoms with Gasteiger partial charge in [-0.25, -0.2) is 4.39 Å². The number of benzene rings is 1. The van der Waals surface area contributed by atoms with Gasteiger partial charge in [0.05, 0.1) is 11.5 Å². The van der Waals surface area contributed by atoms with E-state index in [0.29, 0.717) is 12.8 Å². The average molecular weight is 363 g/mol. The zero-order chi connectivity index (χ0) is 18.3. The molecule has 1 aromatic carbocycles. The summed E-state index contributed by atoms with van der Waals surface area (Å²) < 4.78 is 13.1. The molecular formula is C20H26FNO2S. The van der Waals surface area contributed by atoms with Gasteiger partial charge in [-0.2, -0.15) is 0 Å². The highest BCUT2D eigenvalue weighted by molar-refractivity contribution is 7.14. The van der Waals surface area contributed by atoms with E-state index in [1.165, 1.54) is 17.4 Å². The summed E-state index contributed by atoms with van der Waals surface area (Å²) in [6.07, 6.45) is 4.43. The fourth-order valence-electron chi connectivity index (χ4n) is 2.58. The summed E-state index contributed by atoms with van der Waals surface area (Å²) in [5.41, 5.74) is 6.33. The molecule has 1 heterocycles. The Morgan fingerprint density at radius 1 is 1.24 bits per heavy atom. The highest BCUT2D eigenvalue weighted by atomic mass is 32.1. The normalized spacial score (nSPS) is 13.6. The Hall–Kier alpha value is -1.56. The molecule has 0 amide bonds. The SMILES string of the molecule is CC(N)(CO)CCc1ccc(C(=O)CCCCc2cccc(F)c2)s1. The number of halogens is 1.